The third-order valence-electron chi connectivity index (χ3n) is 2.54. The first-order chi connectivity index (χ1) is 6.95. The number of benzene rings is 1. The lowest BCUT2D eigenvalue weighted by molar-refractivity contribution is 0.0268. The van der Waals surface area contributed by atoms with Crippen molar-refractivity contribution in [2.75, 3.05) is 6.54 Å². The lowest BCUT2D eigenvalue weighted by atomic mass is 10.2. The van der Waals surface area contributed by atoms with E-state index >= 15 is 0 Å². The lowest BCUT2D eigenvalue weighted by Gasteiger charge is -2.04. The molecule has 14 heavy (non-hydrogen) atoms. The summed E-state index contributed by atoms with van der Waals surface area (Å²) in [5.74, 6) is 0.975. The summed E-state index contributed by atoms with van der Waals surface area (Å²) in [7, 11) is 0. The fraction of sp³-hybridized carbons (Fsp3) is 0.500. The van der Waals surface area contributed by atoms with Gasteiger partial charge >= 0.3 is 0 Å². The fourth-order valence-electron chi connectivity index (χ4n) is 1.45. The number of nitrogens with one attached hydrogen (secondary N) is 1. The quantitative estimate of drug-likeness (QED) is 0.551. The predicted molar refractivity (Wildman–Crippen MR) is 56.6 cm³/mol. The van der Waals surface area contributed by atoms with E-state index in [1.54, 1.807) is 0 Å². The molecule has 0 saturated heterocycles. The van der Waals surface area contributed by atoms with Gasteiger partial charge in [-0.1, -0.05) is 43.2 Å². The Balaban J connectivity index is 1.54. The molecule has 2 nitrogen and oxygen atoms in total. The Morgan fingerprint density at radius 3 is 2.71 bits per heavy atom. The maximum atomic E-state index is 5.35. The van der Waals surface area contributed by atoms with Crippen molar-refractivity contribution in [3.8, 4) is 0 Å². The SMILES string of the molecule is c1ccc(CONCCC2CC2)cc1. The summed E-state index contributed by atoms with van der Waals surface area (Å²) in [6.45, 7) is 1.64. The second-order valence-electron chi connectivity index (χ2n) is 3.90. The van der Waals surface area contributed by atoms with Gasteiger partial charge in [-0.25, -0.2) is 5.48 Å². The van der Waals surface area contributed by atoms with E-state index in [-0.39, 0.29) is 0 Å². The van der Waals surface area contributed by atoms with Crippen LogP contribution in [0, 0.1) is 5.92 Å². The molecular weight excluding hydrogens is 174 g/mol. The van der Waals surface area contributed by atoms with Crippen LogP contribution in [0.4, 0.5) is 0 Å². The summed E-state index contributed by atoms with van der Waals surface area (Å²) in [6, 6.07) is 10.2. The largest absolute Gasteiger partial charge is 0.297 e. The molecule has 1 aromatic carbocycles. The van der Waals surface area contributed by atoms with E-state index in [1.807, 2.05) is 18.2 Å². The Bertz CT molecular complexity index is 256. The van der Waals surface area contributed by atoms with Crippen LogP contribution in [0.5, 0.6) is 0 Å². The monoisotopic (exact) mass is 191 g/mol. The van der Waals surface area contributed by atoms with Gasteiger partial charge in [0.2, 0.25) is 0 Å². The van der Waals surface area contributed by atoms with E-state index in [4.69, 9.17) is 4.84 Å². The Kier molecular flexibility index (Phi) is 3.55. The predicted octanol–water partition coefficient (Wildman–Crippen LogP) is 2.51. The smallest absolute Gasteiger partial charge is 0.0933 e. The molecule has 2 rings (SSSR count). The fourth-order valence-corrected chi connectivity index (χ4v) is 1.45. The molecular formula is C12H17NO. The molecule has 1 fully saturated rings. The van der Waals surface area contributed by atoms with Gasteiger partial charge in [-0.15, -0.1) is 0 Å². The molecule has 0 aromatic heterocycles. The first kappa shape index (κ1) is 9.69. The van der Waals surface area contributed by atoms with Gasteiger partial charge in [0.1, 0.15) is 0 Å². The van der Waals surface area contributed by atoms with Crippen LogP contribution in [0.1, 0.15) is 24.8 Å². The Morgan fingerprint density at radius 2 is 2.00 bits per heavy atom. The van der Waals surface area contributed by atoms with Gasteiger partial charge in [0.05, 0.1) is 6.61 Å². The van der Waals surface area contributed by atoms with Crippen LogP contribution >= 0.6 is 0 Å². The molecule has 2 heteroatoms. The normalized spacial score (nSPS) is 15.7. The van der Waals surface area contributed by atoms with Crippen molar-refractivity contribution in [2.24, 2.45) is 5.92 Å². The van der Waals surface area contributed by atoms with Crippen molar-refractivity contribution >= 4 is 0 Å². The number of hydrogen-bond donors (Lipinski definition) is 1. The number of hydroxylamine groups is 1. The third-order valence-corrected chi connectivity index (χ3v) is 2.54. The van der Waals surface area contributed by atoms with Crippen LogP contribution in [0.25, 0.3) is 0 Å². The molecule has 0 unspecified atom stereocenters. The van der Waals surface area contributed by atoms with Crippen molar-refractivity contribution in [1.29, 1.82) is 0 Å². The minimum atomic E-state index is 0.658. The van der Waals surface area contributed by atoms with Crippen LogP contribution in [0.2, 0.25) is 0 Å². The standard InChI is InChI=1S/C12H17NO/c1-2-4-12(5-3-1)10-14-13-9-8-11-6-7-11/h1-5,11,13H,6-10H2. The van der Waals surface area contributed by atoms with Crippen molar-refractivity contribution in [1.82, 2.24) is 5.48 Å². The van der Waals surface area contributed by atoms with Crippen LogP contribution in [-0.2, 0) is 11.4 Å². The summed E-state index contributed by atoms with van der Waals surface area (Å²) in [5, 5.41) is 0. The maximum absolute atomic E-state index is 5.35. The summed E-state index contributed by atoms with van der Waals surface area (Å²) < 4.78 is 0. The molecule has 0 atom stereocenters. The van der Waals surface area contributed by atoms with Crippen LogP contribution in [0.15, 0.2) is 30.3 Å². The summed E-state index contributed by atoms with van der Waals surface area (Å²) in [6.07, 6.45) is 4.09. The highest BCUT2D eigenvalue weighted by atomic mass is 16.6. The minimum Gasteiger partial charge on any atom is -0.297 e. The van der Waals surface area contributed by atoms with E-state index < -0.39 is 0 Å². The Hall–Kier alpha value is -0.860. The third kappa shape index (κ3) is 3.48. The van der Waals surface area contributed by atoms with Crippen molar-refractivity contribution in [2.45, 2.75) is 25.9 Å². The summed E-state index contributed by atoms with van der Waals surface area (Å²) in [5.41, 5.74) is 4.22. The zero-order chi connectivity index (χ0) is 9.64. The average molecular weight is 191 g/mol. The zero-order valence-electron chi connectivity index (χ0n) is 8.41. The average Bonchev–Trinajstić information content (AvgIpc) is 3.03. The second kappa shape index (κ2) is 5.13. The first-order valence-corrected chi connectivity index (χ1v) is 5.34. The molecule has 0 radical (unpaired) electrons. The van der Waals surface area contributed by atoms with Gasteiger partial charge in [0.25, 0.3) is 0 Å². The minimum absolute atomic E-state index is 0.658. The highest BCUT2D eigenvalue weighted by Gasteiger charge is 2.19. The highest BCUT2D eigenvalue weighted by Crippen LogP contribution is 2.31. The molecule has 1 aliphatic carbocycles. The molecule has 76 valence electrons. The van der Waals surface area contributed by atoms with Gasteiger partial charge in [0.15, 0.2) is 0 Å². The van der Waals surface area contributed by atoms with Crippen molar-refractivity contribution < 1.29 is 4.84 Å². The molecule has 1 aliphatic rings. The number of hydrogen-bond acceptors (Lipinski definition) is 2. The number of rotatable bonds is 6. The highest BCUT2D eigenvalue weighted by molar-refractivity contribution is 5.13. The molecule has 1 N–H and O–H groups in total. The van der Waals surface area contributed by atoms with Crippen LogP contribution in [0.3, 0.4) is 0 Å². The molecule has 0 amide bonds. The second-order valence-corrected chi connectivity index (χ2v) is 3.90. The molecule has 1 saturated carbocycles. The lowest BCUT2D eigenvalue weighted by Crippen LogP contribution is -2.16. The van der Waals surface area contributed by atoms with Gasteiger partial charge < -0.3 is 0 Å². The van der Waals surface area contributed by atoms with Crippen molar-refractivity contribution in [3.63, 3.8) is 0 Å². The molecule has 0 spiro atoms. The van der Waals surface area contributed by atoms with Gasteiger partial charge in [-0.3, -0.25) is 4.84 Å². The van der Waals surface area contributed by atoms with Crippen LogP contribution in [-0.4, -0.2) is 6.54 Å². The van der Waals surface area contributed by atoms with Gasteiger partial charge in [-0.2, -0.15) is 0 Å². The van der Waals surface area contributed by atoms with E-state index in [2.05, 4.69) is 17.6 Å². The first-order valence-electron chi connectivity index (χ1n) is 5.34. The topological polar surface area (TPSA) is 21.3 Å². The molecule has 0 bridgehead atoms. The van der Waals surface area contributed by atoms with Crippen molar-refractivity contribution in [3.05, 3.63) is 35.9 Å². The maximum Gasteiger partial charge on any atom is 0.0933 e. The summed E-state index contributed by atoms with van der Waals surface area (Å²) >= 11 is 0. The van der Waals surface area contributed by atoms with Crippen LogP contribution < -0.4 is 5.48 Å². The zero-order valence-corrected chi connectivity index (χ0v) is 8.41. The van der Waals surface area contributed by atoms with E-state index in [0.29, 0.717) is 6.61 Å². The van der Waals surface area contributed by atoms with Gasteiger partial charge in [0, 0.05) is 6.54 Å². The van der Waals surface area contributed by atoms with E-state index in [0.717, 1.165) is 12.5 Å². The Labute approximate surface area is 85.2 Å². The molecule has 0 aliphatic heterocycles. The summed E-state index contributed by atoms with van der Waals surface area (Å²) in [4.78, 5) is 5.35. The molecule has 1 aromatic rings. The Morgan fingerprint density at radius 1 is 1.21 bits per heavy atom. The van der Waals surface area contributed by atoms with Gasteiger partial charge in [-0.05, 0) is 17.9 Å². The van der Waals surface area contributed by atoms with E-state index in [1.165, 1.54) is 24.8 Å². The molecule has 0 heterocycles. The van der Waals surface area contributed by atoms with E-state index in [9.17, 15) is 0 Å².